The maximum Gasteiger partial charge on any atom is 0.338 e. The van der Waals surface area contributed by atoms with Crippen molar-refractivity contribution in [2.75, 3.05) is 17.4 Å². The van der Waals surface area contributed by atoms with Crippen LogP contribution in [0.2, 0.25) is 0 Å². The number of hydrogen-bond donors (Lipinski definition) is 2. The summed E-state index contributed by atoms with van der Waals surface area (Å²) in [6.45, 7) is 0. The van der Waals surface area contributed by atoms with E-state index in [0.717, 1.165) is 17.1 Å². The van der Waals surface area contributed by atoms with Gasteiger partial charge < -0.3 is 10.1 Å². The maximum absolute atomic E-state index is 12.4. The molecular formula is C20H19N3O2. The summed E-state index contributed by atoms with van der Waals surface area (Å²) < 4.78 is 5.12. The van der Waals surface area contributed by atoms with Gasteiger partial charge in [-0.1, -0.05) is 36.4 Å². The second-order valence-corrected chi connectivity index (χ2v) is 5.30. The van der Waals surface area contributed by atoms with Crippen molar-refractivity contribution in [1.29, 1.82) is 0 Å². The first kappa shape index (κ1) is 16.4. The summed E-state index contributed by atoms with van der Waals surface area (Å²) in [6.07, 6.45) is 0. The Kier molecular flexibility index (Phi) is 5.16. The Balaban J connectivity index is 1.76. The van der Waals surface area contributed by atoms with Gasteiger partial charge in [-0.15, -0.1) is 0 Å². The number of nitrogens with one attached hydrogen (secondary N) is 2. The normalized spacial score (nSPS) is 9.96. The van der Waals surface area contributed by atoms with Crippen LogP contribution in [-0.4, -0.2) is 13.1 Å². The van der Waals surface area contributed by atoms with Crippen molar-refractivity contribution in [3.63, 3.8) is 0 Å². The van der Waals surface area contributed by atoms with Gasteiger partial charge >= 0.3 is 6.03 Å². The van der Waals surface area contributed by atoms with Gasteiger partial charge in [-0.3, -0.25) is 5.01 Å². The van der Waals surface area contributed by atoms with Crippen LogP contribution in [0.15, 0.2) is 84.9 Å². The maximum atomic E-state index is 12.4. The molecule has 3 aromatic rings. The minimum Gasteiger partial charge on any atom is -0.497 e. The molecule has 0 spiro atoms. The largest absolute Gasteiger partial charge is 0.497 e. The molecule has 0 aliphatic carbocycles. The Morgan fingerprint density at radius 1 is 0.800 bits per heavy atom. The van der Waals surface area contributed by atoms with Crippen LogP contribution in [0.5, 0.6) is 5.75 Å². The van der Waals surface area contributed by atoms with E-state index in [1.807, 2.05) is 60.7 Å². The average Bonchev–Trinajstić information content (AvgIpc) is 2.68. The number of carbonyl (C=O) groups is 1. The molecule has 0 unspecified atom stereocenters. The molecule has 126 valence electrons. The topological polar surface area (TPSA) is 53.6 Å². The van der Waals surface area contributed by atoms with E-state index in [1.165, 1.54) is 0 Å². The number of anilines is 3. The molecule has 2 amide bonds. The van der Waals surface area contributed by atoms with E-state index in [2.05, 4.69) is 10.7 Å². The number of methoxy groups -OCH3 is 1. The average molecular weight is 333 g/mol. The quantitative estimate of drug-likeness (QED) is 0.673. The molecule has 5 heteroatoms. The summed E-state index contributed by atoms with van der Waals surface area (Å²) in [5.41, 5.74) is 5.28. The molecule has 3 rings (SSSR count). The summed E-state index contributed by atoms with van der Waals surface area (Å²) in [5, 5.41) is 4.55. The third-order valence-corrected chi connectivity index (χ3v) is 3.59. The van der Waals surface area contributed by atoms with Crippen LogP contribution in [0.3, 0.4) is 0 Å². The van der Waals surface area contributed by atoms with Crippen LogP contribution in [0.4, 0.5) is 21.9 Å². The first-order chi connectivity index (χ1) is 12.3. The van der Waals surface area contributed by atoms with E-state index in [-0.39, 0.29) is 6.03 Å². The fourth-order valence-electron chi connectivity index (χ4n) is 2.37. The zero-order valence-electron chi connectivity index (χ0n) is 13.8. The Morgan fingerprint density at radius 2 is 1.32 bits per heavy atom. The van der Waals surface area contributed by atoms with Gasteiger partial charge in [-0.25, -0.2) is 10.2 Å². The molecule has 3 aromatic carbocycles. The van der Waals surface area contributed by atoms with Gasteiger partial charge in [0.2, 0.25) is 0 Å². The molecule has 2 N–H and O–H groups in total. The minimum absolute atomic E-state index is 0.335. The lowest BCUT2D eigenvalue weighted by Gasteiger charge is -2.25. The predicted molar refractivity (Wildman–Crippen MR) is 100 cm³/mol. The van der Waals surface area contributed by atoms with Crippen molar-refractivity contribution in [3.05, 3.63) is 84.9 Å². The number of carbonyl (C=O) groups excluding carboxylic acids is 1. The van der Waals surface area contributed by atoms with E-state index in [1.54, 1.807) is 36.4 Å². The van der Waals surface area contributed by atoms with E-state index in [0.29, 0.717) is 5.69 Å². The van der Waals surface area contributed by atoms with Gasteiger partial charge in [-0.05, 0) is 48.5 Å². The zero-order valence-corrected chi connectivity index (χ0v) is 13.8. The standard InChI is InChI=1S/C20H19N3O2/c1-25-19-14-12-16(13-15-19)21-20(24)22-23(17-8-4-2-5-9-17)18-10-6-3-7-11-18/h2-15H,1H3,(H2,21,22,24). The van der Waals surface area contributed by atoms with Crippen molar-refractivity contribution in [2.24, 2.45) is 0 Å². The Bertz CT molecular complexity index is 766. The molecule has 25 heavy (non-hydrogen) atoms. The number of rotatable bonds is 5. The number of hydrogen-bond acceptors (Lipinski definition) is 3. The fraction of sp³-hybridized carbons (Fsp3) is 0.0500. The highest BCUT2D eigenvalue weighted by molar-refractivity contribution is 5.91. The zero-order chi connectivity index (χ0) is 17.5. The smallest absolute Gasteiger partial charge is 0.338 e. The van der Waals surface area contributed by atoms with Gasteiger partial charge in [0, 0.05) is 5.69 Å². The van der Waals surface area contributed by atoms with Gasteiger partial charge in [0.15, 0.2) is 0 Å². The molecule has 0 aliphatic heterocycles. The van der Waals surface area contributed by atoms with Crippen LogP contribution in [0, 0.1) is 0 Å². The number of benzene rings is 3. The van der Waals surface area contributed by atoms with Gasteiger partial charge in [0.05, 0.1) is 18.5 Å². The summed E-state index contributed by atoms with van der Waals surface area (Å²) in [5.74, 6) is 0.737. The summed E-state index contributed by atoms with van der Waals surface area (Å²) in [4.78, 5) is 12.4. The molecule has 0 aromatic heterocycles. The highest BCUT2D eigenvalue weighted by Crippen LogP contribution is 2.22. The van der Waals surface area contributed by atoms with E-state index < -0.39 is 0 Å². The number of para-hydroxylation sites is 2. The van der Waals surface area contributed by atoms with Crippen LogP contribution < -0.4 is 20.5 Å². The van der Waals surface area contributed by atoms with Crippen molar-refractivity contribution in [3.8, 4) is 5.75 Å². The molecule has 0 fully saturated rings. The lowest BCUT2D eigenvalue weighted by atomic mass is 10.2. The summed E-state index contributed by atoms with van der Waals surface area (Å²) >= 11 is 0. The Morgan fingerprint density at radius 3 is 1.80 bits per heavy atom. The highest BCUT2D eigenvalue weighted by atomic mass is 16.5. The number of hydrazine groups is 1. The van der Waals surface area contributed by atoms with Crippen molar-refractivity contribution >= 4 is 23.1 Å². The SMILES string of the molecule is COc1ccc(NC(=O)NN(c2ccccc2)c2ccccc2)cc1. The predicted octanol–water partition coefficient (Wildman–Crippen LogP) is 4.57. The second-order valence-electron chi connectivity index (χ2n) is 5.30. The van der Waals surface area contributed by atoms with Gasteiger partial charge in [0.1, 0.15) is 5.75 Å². The molecular weight excluding hydrogens is 314 g/mol. The van der Waals surface area contributed by atoms with Crippen LogP contribution >= 0.6 is 0 Å². The molecule has 0 radical (unpaired) electrons. The van der Waals surface area contributed by atoms with E-state index in [9.17, 15) is 4.79 Å². The van der Waals surface area contributed by atoms with Crippen molar-refractivity contribution < 1.29 is 9.53 Å². The Hall–Kier alpha value is -3.47. The van der Waals surface area contributed by atoms with E-state index >= 15 is 0 Å². The molecule has 0 heterocycles. The molecule has 0 atom stereocenters. The van der Waals surface area contributed by atoms with Crippen LogP contribution in [0.1, 0.15) is 0 Å². The number of amides is 2. The van der Waals surface area contributed by atoms with Gasteiger partial charge in [-0.2, -0.15) is 0 Å². The van der Waals surface area contributed by atoms with E-state index in [4.69, 9.17) is 4.74 Å². The summed E-state index contributed by atoms with van der Waals surface area (Å²) in [6, 6.07) is 26.1. The number of urea groups is 1. The highest BCUT2D eigenvalue weighted by Gasteiger charge is 2.12. The third kappa shape index (κ3) is 4.29. The first-order valence-corrected chi connectivity index (χ1v) is 7.88. The lowest BCUT2D eigenvalue weighted by molar-refractivity contribution is 0.252. The molecule has 0 aliphatic rings. The molecule has 0 saturated carbocycles. The molecule has 5 nitrogen and oxygen atoms in total. The fourth-order valence-corrected chi connectivity index (χ4v) is 2.37. The van der Waals surface area contributed by atoms with Gasteiger partial charge in [0.25, 0.3) is 0 Å². The number of ether oxygens (including phenoxy) is 1. The lowest BCUT2D eigenvalue weighted by Crippen LogP contribution is -2.41. The number of nitrogens with zero attached hydrogens (tertiary/aromatic N) is 1. The Labute approximate surface area is 146 Å². The molecule has 0 bridgehead atoms. The van der Waals surface area contributed by atoms with Crippen molar-refractivity contribution in [1.82, 2.24) is 5.43 Å². The van der Waals surface area contributed by atoms with Crippen LogP contribution in [-0.2, 0) is 0 Å². The first-order valence-electron chi connectivity index (χ1n) is 7.88. The third-order valence-electron chi connectivity index (χ3n) is 3.59. The van der Waals surface area contributed by atoms with Crippen LogP contribution in [0.25, 0.3) is 0 Å². The monoisotopic (exact) mass is 333 g/mol. The summed E-state index contributed by atoms with van der Waals surface area (Å²) in [7, 11) is 1.60. The molecule has 0 saturated heterocycles. The van der Waals surface area contributed by atoms with Crippen molar-refractivity contribution in [2.45, 2.75) is 0 Å². The second kappa shape index (κ2) is 7.88. The minimum atomic E-state index is -0.335.